The molecule has 0 bridgehead atoms. The first-order valence-corrected chi connectivity index (χ1v) is 7.38. The zero-order valence-corrected chi connectivity index (χ0v) is 11.7. The number of nitrogens with one attached hydrogen (secondary N) is 2. The van der Waals surface area contributed by atoms with Crippen molar-refractivity contribution >= 4 is 5.91 Å². The second kappa shape index (κ2) is 7.29. The molecular weight excluding hydrogens is 236 g/mol. The van der Waals surface area contributed by atoms with E-state index in [2.05, 4.69) is 17.6 Å². The van der Waals surface area contributed by atoms with Crippen LogP contribution in [-0.4, -0.2) is 25.5 Å². The smallest absolute Gasteiger partial charge is 0.251 e. The number of hydrogen-bond acceptors (Lipinski definition) is 2. The Bertz CT molecular complexity index is 411. The van der Waals surface area contributed by atoms with Crippen molar-refractivity contribution in [3.05, 3.63) is 35.4 Å². The lowest BCUT2D eigenvalue weighted by atomic mass is 9.94. The van der Waals surface area contributed by atoms with Crippen molar-refractivity contribution in [2.75, 3.05) is 19.6 Å². The van der Waals surface area contributed by atoms with Crippen LogP contribution in [0.1, 0.15) is 42.1 Å². The Morgan fingerprint density at radius 2 is 2.05 bits per heavy atom. The van der Waals surface area contributed by atoms with Crippen LogP contribution < -0.4 is 10.6 Å². The Labute approximate surface area is 115 Å². The Hall–Kier alpha value is -1.35. The van der Waals surface area contributed by atoms with Crippen molar-refractivity contribution in [1.29, 1.82) is 0 Å². The van der Waals surface area contributed by atoms with E-state index in [1.165, 1.54) is 12.8 Å². The van der Waals surface area contributed by atoms with Gasteiger partial charge in [-0.1, -0.05) is 25.1 Å². The SMILES string of the molecule is CCc1ccccc1C(=O)NCCC1CCNCC1. The van der Waals surface area contributed by atoms with E-state index in [9.17, 15) is 4.79 Å². The number of benzene rings is 1. The molecule has 1 amide bonds. The van der Waals surface area contributed by atoms with Crippen molar-refractivity contribution in [1.82, 2.24) is 10.6 Å². The van der Waals surface area contributed by atoms with Gasteiger partial charge in [0.25, 0.3) is 5.91 Å². The third-order valence-corrected chi connectivity index (χ3v) is 3.94. The molecule has 0 radical (unpaired) electrons. The van der Waals surface area contributed by atoms with Gasteiger partial charge in [-0.15, -0.1) is 0 Å². The monoisotopic (exact) mass is 260 g/mol. The number of piperidine rings is 1. The lowest BCUT2D eigenvalue weighted by molar-refractivity contribution is 0.0949. The molecule has 0 aliphatic carbocycles. The van der Waals surface area contributed by atoms with Crippen molar-refractivity contribution in [3.63, 3.8) is 0 Å². The molecule has 0 atom stereocenters. The molecule has 0 aromatic heterocycles. The number of carbonyl (C=O) groups is 1. The van der Waals surface area contributed by atoms with Gasteiger partial charge < -0.3 is 10.6 Å². The van der Waals surface area contributed by atoms with E-state index >= 15 is 0 Å². The van der Waals surface area contributed by atoms with Crippen molar-refractivity contribution < 1.29 is 4.79 Å². The topological polar surface area (TPSA) is 41.1 Å². The van der Waals surface area contributed by atoms with E-state index in [1.807, 2.05) is 24.3 Å². The molecule has 104 valence electrons. The zero-order chi connectivity index (χ0) is 13.5. The van der Waals surface area contributed by atoms with Gasteiger partial charge in [-0.05, 0) is 56.3 Å². The highest BCUT2D eigenvalue weighted by Gasteiger charge is 2.14. The van der Waals surface area contributed by atoms with Gasteiger partial charge in [0.1, 0.15) is 0 Å². The summed E-state index contributed by atoms with van der Waals surface area (Å²) < 4.78 is 0. The predicted molar refractivity (Wildman–Crippen MR) is 78.4 cm³/mol. The number of hydrogen-bond donors (Lipinski definition) is 2. The molecule has 1 fully saturated rings. The minimum atomic E-state index is 0.0754. The molecule has 2 N–H and O–H groups in total. The third kappa shape index (κ3) is 4.06. The first kappa shape index (κ1) is 14.1. The lowest BCUT2D eigenvalue weighted by Crippen LogP contribution is -2.31. The molecule has 1 aliphatic rings. The number of aryl methyl sites for hydroxylation is 1. The molecule has 3 nitrogen and oxygen atoms in total. The van der Waals surface area contributed by atoms with E-state index in [0.29, 0.717) is 0 Å². The van der Waals surface area contributed by atoms with Crippen molar-refractivity contribution in [3.8, 4) is 0 Å². The second-order valence-electron chi connectivity index (χ2n) is 5.25. The maximum Gasteiger partial charge on any atom is 0.251 e. The number of amides is 1. The van der Waals surface area contributed by atoms with Gasteiger partial charge in [0.05, 0.1) is 0 Å². The van der Waals surface area contributed by atoms with E-state index in [0.717, 1.165) is 49.5 Å². The van der Waals surface area contributed by atoms with Crippen LogP contribution in [0, 0.1) is 5.92 Å². The van der Waals surface area contributed by atoms with Gasteiger partial charge in [0.15, 0.2) is 0 Å². The molecule has 19 heavy (non-hydrogen) atoms. The van der Waals surface area contributed by atoms with Gasteiger partial charge in [0.2, 0.25) is 0 Å². The fraction of sp³-hybridized carbons (Fsp3) is 0.562. The Balaban J connectivity index is 1.80. The third-order valence-electron chi connectivity index (χ3n) is 3.94. The van der Waals surface area contributed by atoms with Crippen molar-refractivity contribution in [2.45, 2.75) is 32.6 Å². The summed E-state index contributed by atoms with van der Waals surface area (Å²) in [6.45, 7) is 5.12. The summed E-state index contributed by atoms with van der Waals surface area (Å²) >= 11 is 0. The molecule has 1 saturated heterocycles. The summed E-state index contributed by atoms with van der Waals surface area (Å²) in [4.78, 5) is 12.1. The average Bonchev–Trinajstić information content (AvgIpc) is 2.48. The van der Waals surface area contributed by atoms with E-state index < -0.39 is 0 Å². The molecule has 1 aromatic carbocycles. The minimum absolute atomic E-state index is 0.0754. The van der Waals surface area contributed by atoms with Gasteiger partial charge in [0, 0.05) is 12.1 Å². The van der Waals surface area contributed by atoms with Crippen LogP contribution >= 0.6 is 0 Å². The van der Waals surface area contributed by atoms with Gasteiger partial charge in [-0.3, -0.25) is 4.79 Å². The minimum Gasteiger partial charge on any atom is -0.352 e. The molecule has 0 spiro atoms. The summed E-state index contributed by atoms with van der Waals surface area (Å²) in [5.74, 6) is 0.842. The Morgan fingerprint density at radius 3 is 2.79 bits per heavy atom. The van der Waals surface area contributed by atoms with Crippen LogP contribution in [0.4, 0.5) is 0 Å². The average molecular weight is 260 g/mol. The molecule has 3 heteroatoms. The van der Waals surface area contributed by atoms with Crippen LogP contribution in [0.5, 0.6) is 0 Å². The molecule has 1 aromatic rings. The lowest BCUT2D eigenvalue weighted by Gasteiger charge is -2.22. The van der Waals surface area contributed by atoms with Crippen LogP contribution in [0.15, 0.2) is 24.3 Å². The quantitative estimate of drug-likeness (QED) is 0.853. The maximum absolute atomic E-state index is 12.1. The molecule has 1 heterocycles. The summed E-state index contributed by atoms with van der Waals surface area (Å²) in [6, 6.07) is 7.87. The number of carbonyl (C=O) groups excluding carboxylic acids is 1. The fourth-order valence-corrected chi connectivity index (χ4v) is 2.71. The fourth-order valence-electron chi connectivity index (χ4n) is 2.71. The first-order chi connectivity index (χ1) is 9.31. The van der Waals surface area contributed by atoms with Crippen LogP contribution in [0.25, 0.3) is 0 Å². The molecule has 1 aliphatic heterocycles. The predicted octanol–water partition coefficient (Wildman–Crippen LogP) is 2.37. The van der Waals surface area contributed by atoms with Gasteiger partial charge in [-0.2, -0.15) is 0 Å². The van der Waals surface area contributed by atoms with Crippen LogP contribution in [0.2, 0.25) is 0 Å². The summed E-state index contributed by atoms with van der Waals surface area (Å²) in [5, 5.41) is 6.43. The molecule has 2 rings (SSSR count). The van der Waals surface area contributed by atoms with Gasteiger partial charge >= 0.3 is 0 Å². The standard InChI is InChI=1S/C16H24N2O/c1-2-14-5-3-4-6-15(14)16(19)18-12-9-13-7-10-17-11-8-13/h3-6,13,17H,2,7-12H2,1H3,(H,18,19). The highest BCUT2D eigenvalue weighted by molar-refractivity contribution is 5.95. The van der Waals surface area contributed by atoms with Crippen molar-refractivity contribution in [2.24, 2.45) is 5.92 Å². The molecule has 0 saturated carbocycles. The normalized spacial score (nSPS) is 16.3. The summed E-state index contributed by atoms with van der Waals surface area (Å²) in [7, 11) is 0. The zero-order valence-electron chi connectivity index (χ0n) is 11.7. The maximum atomic E-state index is 12.1. The Kier molecular flexibility index (Phi) is 5.40. The van der Waals surface area contributed by atoms with Crippen LogP contribution in [-0.2, 0) is 6.42 Å². The first-order valence-electron chi connectivity index (χ1n) is 7.38. The van der Waals surface area contributed by atoms with E-state index in [4.69, 9.17) is 0 Å². The van der Waals surface area contributed by atoms with Crippen LogP contribution in [0.3, 0.4) is 0 Å². The molecular formula is C16H24N2O. The summed E-state index contributed by atoms with van der Waals surface area (Å²) in [6.07, 6.45) is 4.47. The highest BCUT2D eigenvalue weighted by Crippen LogP contribution is 2.15. The van der Waals surface area contributed by atoms with Gasteiger partial charge in [-0.25, -0.2) is 0 Å². The van der Waals surface area contributed by atoms with E-state index in [1.54, 1.807) is 0 Å². The molecule has 0 unspecified atom stereocenters. The second-order valence-corrected chi connectivity index (χ2v) is 5.25. The largest absolute Gasteiger partial charge is 0.352 e. The Morgan fingerprint density at radius 1 is 1.32 bits per heavy atom. The van der Waals surface area contributed by atoms with E-state index in [-0.39, 0.29) is 5.91 Å². The number of rotatable bonds is 5. The summed E-state index contributed by atoms with van der Waals surface area (Å²) in [5.41, 5.74) is 1.96. The highest BCUT2D eigenvalue weighted by atomic mass is 16.1.